The second kappa shape index (κ2) is 6.56. The average molecular weight is 397 g/mol. The fraction of sp³-hybridized carbons (Fsp3) is 0.222. The summed E-state index contributed by atoms with van der Waals surface area (Å²) in [6, 6.07) is 11.3. The molecule has 7 heteroatoms. The van der Waals surface area contributed by atoms with Crippen LogP contribution >= 0.6 is 23.2 Å². The van der Waals surface area contributed by atoms with E-state index < -0.39 is 10.0 Å². The molecule has 0 saturated carbocycles. The molecular weight excluding hydrogens is 379 g/mol. The summed E-state index contributed by atoms with van der Waals surface area (Å²) in [6.45, 7) is 4.16. The molecule has 3 aromatic rings. The van der Waals surface area contributed by atoms with Crippen LogP contribution in [0.5, 0.6) is 0 Å². The Morgan fingerprint density at radius 1 is 1.04 bits per heavy atom. The zero-order valence-electron chi connectivity index (χ0n) is 14.0. The number of nitrogens with zero attached hydrogens (tertiary/aromatic N) is 1. The summed E-state index contributed by atoms with van der Waals surface area (Å²) in [5, 5.41) is 2.03. The van der Waals surface area contributed by atoms with Gasteiger partial charge in [0.1, 0.15) is 0 Å². The average Bonchev–Trinajstić information content (AvgIpc) is 2.87. The third kappa shape index (κ3) is 3.78. The molecule has 3 rings (SSSR count). The van der Waals surface area contributed by atoms with E-state index in [1.807, 2.05) is 24.3 Å². The standard InChI is InChI=1S/C18H18Cl2N2O2S/c1-11(2)22-10-15(12-4-7-16(19)17(20)8-12)14-6-5-13(9-18(14)22)21-25(3,23)24/h4-11,21H,1-3H3. The molecule has 2 aromatic carbocycles. The lowest BCUT2D eigenvalue weighted by atomic mass is 10.0. The maximum atomic E-state index is 11.5. The quantitative estimate of drug-likeness (QED) is 0.626. The highest BCUT2D eigenvalue weighted by atomic mass is 35.5. The van der Waals surface area contributed by atoms with Crippen LogP contribution < -0.4 is 4.72 Å². The van der Waals surface area contributed by atoms with Gasteiger partial charge in [-0.3, -0.25) is 4.72 Å². The van der Waals surface area contributed by atoms with Gasteiger partial charge in [0.2, 0.25) is 10.0 Å². The van der Waals surface area contributed by atoms with Gasteiger partial charge in [-0.25, -0.2) is 8.42 Å². The molecule has 0 amide bonds. The van der Waals surface area contributed by atoms with Crippen LogP contribution in [0, 0.1) is 0 Å². The van der Waals surface area contributed by atoms with Crippen molar-refractivity contribution in [1.82, 2.24) is 4.57 Å². The Morgan fingerprint density at radius 2 is 1.76 bits per heavy atom. The van der Waals surface area contributed by atoms with Crippen molar-refractivity contribution in [2.75, 3.05) is 11.0 Å². The van der Waals surface area contributed by atoms with Gasteiger partial charge in [0.05, 0.1) is 27.5 Å². The highest BCUT2D eigenvalue weighted by Gasteiger charge is 2.14. The lowest BCUT2D eigenvalue weighted by Crippen LogP contribution is -2.09. The van der Waals surface area contributed by atoms with Gasteiger partial charge < -0.3 is 4.57 Å². The number of rotatable bonds is 4. The number of sulfonamides is 1. The van der Waals surface area contributed by atoms with Crippen molar-refractivity contribution in [2.24, 2.45) is 0 Å². The van der Waals surface area contributed by atoms with Gasteiger partial charge in [0.15, 0.2) is 0 Å². The molecule has 132 valence electrons. The van der Waals surface area contributed by atoms with Gasteiger partial charge in [0, 0.05) is 23.2 Å². The van der Waals surface area contributed by atoms with Crippen LogP contribution in [-0.2, 0) is 10.0 Å². The Balaban J connectivity index is 2.22. The fourth-order valence-corrected chi connectivity index (χ4v) is 3.70. The summed E-state index contributed by atoms with van der Waals surface area (Å²) >= 11 is 12.2. The summed E-state index contributed by atoms with van der Waals surface area (Å²) in [5.41, 5.74) is 3.47. The van der Waals surface area contributed by atoms with Crippen molar-refractivity contribution in [3.05, 3.63) is 52.6 Å². The molecule has 1 aromatic heterocycles. The Labute approximate surface area is 157 Å². The topological polar surface area (TPSA) is 51.1 Å². The number of benzene rings is 2. The second-order valence-electron chi connectivity index (χ2n) is 6.28. The van der Waals surface area contributed by atoms with Gasteiger partial charge in [0.25, 0.3) is 0 Å². The van der Waals surface area contributed by atoms with E-state index in [9.17, 15) is 8.42 Å². The molecule has 0 radical (unpaired) electrons. The lowest BCUT2D eigenvalue weighted by molar-refractivity contribution is 0.607. The molecular formula is C18H18Cl2N2O2S. The molecule has 0 fully saturated rings. The van der Waals surface area contributed by atoms with Crippen molar-refractivity contribution in [3.63, 3.8) is 0 Å². The predicted octanol–water partition coefficient (Wildman–Crippen LogP) is 5.57. The normalized spacial score (nSPS) is 12.1. The van der Waals surface area contributed by atoms with Crippen molar-refractivity contribution >= 4 is 49.8 Å². The highest BCUT2D eigenvalue weighted by molar-refractivity contribution is 7.92. The van der Waals surface area contributed by atoms with Gasteiger partial charge in [-0.2, -0.15) is 0 Å². The summed E-state index contributed by atoms with van der Waals surface area (Å²) in [4.78, 5) is 0. The zero-order valence-corrected chi connectivity index (χ0v) is 16.4. The van der Waals surface area contributed by atoms with Crippen molar-refractivity contribution in [1.29, 1.82) is 0 Å². The minimum absolute atomic E-state index is 0.215. The smallest absolute Gasteiger partial charge is 0.229 e. The van der Waals surface area contributed by atoms with Crippen LogP contribution in [-0.4, -0.2) is 19.2 Å². The van der Waals surface area contributed by atoms with Crippen LogP contribution in [0.1, 0.15) is 19.9 Å². The molecule has 0 aliphatic rings. The van der Waals surface area contributed by atoms with Crippen LogP contribution in [0.4, 0.5) is 5.69 Å². The highest BCUT2D eigenvalue weighted by Crippen LogP contribution is 2.36. The Bertz CT molecular complexity index is 1060. The first-order valence-corrected chi connectivity index (χ1v) is 10.4. The van der Waals surface area contributed by atoms with Gasteiger partial charge >= 0.3 is 0 Å². The van der Waals surface area contributed by atoms with Crippen molar-refractivity contribution in [2.45, 2.75) is 19.9 Å². The number of nitrogens with one attached hydrogen (secondary N) is 1. The molecule has 0 unspecified atom stereocenters. The number of hydrogen-bond donors (Lipinski definition) is 1. The van der Waals surface area contributed by atoms with E-state index in [1.54, 1.807) is 12.1 Å². The molecule has 1 N–H and O–H groups in total. The first-order valence-electron chi connectivity index (χ1n) is 7.73. The maximum absolute atomic E-state index is 11.5. The van der Waals surface area contributed by atoms with Crippen LogP contribution in [0.2, 0.25) is 10.0 Å². The minimum atomic E-state index is -3.33. The Hall–Kier alpha value is -1.69. The molecule has 0 saturated heterocycles. The molecule has 4 nitrogen and oxygen atoms in total. The monoisotopic (exact) mass is 396 g/mol. The molecule has 0 atom stereocenters. The van der Waals surface area contributed by atoms with E-state index >= 15 is 0 Å². The SMILES string of the molecule is CC(C)n1cc(-c2ccc(Cl)c(Cl)c2)c2ccc(NS(C)(=O)=O)cc21. The second-order valence-corrected chi connectivity index (χ2v) is 8.84. The summed E-state index contributed by atoms with van der Waals surface area (Å²) in [5.74, 6) is 0. The Kier molecular flexibility index (Phi) is 4.75. The van der Waals surface area contributed by atoms with E-state index in [-0.39, 0.29) is 6.04 Å². The van der Waals surface area contributed by atoms with Crippen LogP contribution in [0.25, 0.3) is 22.0 Å². The van der Waals surface area contributed by atoms with Crippen molar-refractivity contribution in [3.8, 4) is 11.1 Å². The van der Waals surface area contributed by atoms with Crippen molar-refractivity contribution < 1.29 is 8.42 Å². The molecule has 0 bridgehead atoms. The van der Waals surface area contributed by atoms with E-state index in [0.29, 0.717) is 15.7 Å². The van der Waals surface area contributed by atoms with E-state index in [0.717, 1.165) is 28.3 Å². The van der Waals surface area contributed by atoms with Crippen LogP contribution in [0.15, 0.2) is 42.6 Å². The van der Waals surface area contributed by atoms with E-state index in [1.165, 1.54) is 0 Å². The van der Waals surface area contributed by atoms with Gasteiger partial charge in [-0.05, 0) is 43.7 Å². The van der Waals surface area contributed by atoms with Gasteiger partial charge in [-0.1, -0.05) is 35.3 Å². The van der Waals surface area contributed by atoms with E-state index in [4.69, 9.17) is 23.2 Å². The number of hydrogen-bond acceptors (Lipinski definition) is 2. The first-order chi connectivity index (χ1) is 11.7. The maximum Gasteiger partial charge on any atom is 0.229 e. The minimum Gasteiger partial charge on any atom is -0.344 e. The summed E-state index contributed by atoms with van der Waals surface area (Å²) in [6.07, 6.45) is 3.19. The largest absolute Gasteiger partial charge is 0.344 e. The summed E-state index contributed by atoms with van der Waals surface area (Å²) < 4.78 is 27.7. The summed E-state index contributed by atoms with van der Waals surface area (Å²) in [7, 11) is -3.33. The molecule has 0 spiro atoms. The number of fused-ring (bicyclic) bond motifs is 1. The lowest BCUT2D eigenvalue weighted by Gasteiger charge is -2.10. The third-order valence-corrected chi connectivity index (χ3v) is 5.27. The van der Waals surface area contributed by atoms with Gasteiger partial charge in [-0.15, -0.1) is 0 Å². The van der Waals surface area contributed by atoms with E-state index in [2.05, 4.69) is 29.3 Å². The molecule has 1 heterocycles. The number of anilines is 1. The third-order valence-electron chi connectivity index (χ3n) is 3.92. The predicted molar refractivity (Wildman–Crippen MR) is 106 cm³/mol. The fourth-order valence-electron chi connectivity index (χ4n) is 2.85. The Morgan fingerprint density at radius 3 is 2.36 bits per heavy atom. The number of halogens is 2. The zero-order chi connectivity index (χ0) is 18.4. The first kappa shape index (κ1) is 18.1. The molecule has 0 aliphatic heterocycles. The number of aromatic nitrogens is 1. The molecule has 25 heavy (non-hydrogen) atoms. The molecule has 0 aliphatic carbocycles. The van der Waals surface area contributed by atoms with Crippen LogP contribution in [0.3, 0.4) is 0 Å².